The Labute approximate surface area is 130 Å². The van der Waals surface area contributed by atoms with E-state index in [4.69, 9.17) is 14.0 Å². The first kappa shape index (κ1) is 16.9. The molecule has 0 amide bonds. The van der Waals surface area contributed by atoms with Gasteiger partial charge in [0.2, 0.25) is 0 Å². The zero-order chi connectivity index (χ0) is 16.5. The molecule has 120 valence electrons. The summed E-state index contributed by atoms with van der Waals surface area (Å²) >= 11 is 0. The summed E-state index contributed by atoms with van der Waals surface area (Å²) in [6.07, 6.45) is 1.28. The number of esters is 1. The topological polar surface area (TPSA) is 57.7 Å². The molecule has 2 rings (SSSR count). The molecule has 0 N–H and O–H groups in total. The van der Waals surface area contributed by atoms with Crippen LogP contribution in [0.2, 0.25) is 0 Å². The number of rotatable bonds is 4. The van der Waals surface area contributed by atoms with E-state index < -0.39 is 30.1 Å². The molecular weight excluding hydrogens is 288 g/mol. The van der Waals surface area contributed by atoms with Crippen molar-refractivity contribution in [1.29, 1.82) is 0 Å². The Morgan fingerprint density at radius 1 is 1.32 bits per heavy atom. The quantitative estimate of drug-likeness (QED) is 0.625. The van der Waals surface area contributed by atoms with Crippen molar-refractivity contribution >= 4 is 18.6 Å². The number of carbonyl (C=O) groups is 1. The molecule has 0 bridgehead atoms. The van der Waals surface area contributed by atoms with Gasteiger partial charge in [-0.15, -0.1) is 0 Å². The molecule has 0 saturated carbocycles. The molecular formula is C15H21BFNO4. The molecule has 1 aromatic heterocycles. The average molecular weight is 309 g/mol. The van der Waals surface area contributed by atoms with Gasteiger partial charge in [0.1, 0.15) is 5.82 Å². The van der Waals surface area contributed by atoms with Crippen LogP contribution >= 0.6 is 0 Å². The summed E-state index contributed by atoms with van der Waals surface area (Å²) in [5.41, 5.74) is -0.461. The molecule has 1 saturated heterocycles. The second-order valence-corrected chi connectivity index (χ2v) is 6.27. The number of hydrogen-bond donors (Lipinski definition) is 0. The number of hydrogen-bond acceptors (Lipinski definition) is 5. The highest BCUT2D eigenvalue weighted by atomic mass is 19.1. The van der Waals surface area contributed by atoms with E-state index in [1.807, 2.05) is 27.7 Å². The SMILES string of the molecule is CCOC(=O)Cc1ncc(B2OC(C)(C)C(C)(C)O2)cc1F. The molecule has 1 aliphatic rings. The van der Waals surface area contributed by atoms with Crippen molar-refractivity contribution in [1.82, 2.24) is 4.98 Å². The minimum absolute atomic E-state index is 0.0544. The Bertz CT molecular complexity index is 561. The number of pyridine rings is 1. The summed E-state index contributed by atoms with van der Waals surface area (Å²) in [6, 6.07) is 1.30. The first-order valence-electron chi connectivity index (χ1n) is 7.32. The van der Waals surface area contributed by atoms with Gasteiger partial charge in [0.15, 0.2) is 0 Å². The fourth-order valence-electron chi connectivity index (χ4n) is 2.07. The van der Waals surface area contributed by atoms with Gasteiger partial charge in [0, 0.05) is 11.7 Å². The molecule has 22 heavy (non-hydrogen) atoms. The van der Waals surface area contributed by atoms with Crippen molar-refractivity contribution in [3.63, 3.8) is 0 Å². The Kier molecular flexibility index (Phi) is 4.58. The van der Waals surface area contributed by atoms with Crippen LogP contribution in [0.3, 0.4) is 0 Å². The number of nitrogens with zero attached hydrogens (tertiary/aromatic N) is 1. The largest absolute Gasteiger partial charge is 0.496 e. The van der Waals surface area contributed by atoms with Crippen LogP contribution in [0.15, 0.2) is 12.3 Å². The van der Waals surface area contributed by atoms with Crippen LogP contribution < -0.4 is 5.46 Å². The van der Waals surface area contributed by atoms with Gasteiger partial charge >= 0.3 is 13.1 Å². The fourth-order valence-corrected chi connectivity index (χ4v) is 2.07. The summed E-state index contributed by atoms with van der Waals surface area (Å²) < 4.78 is 30.6. The van der Waals surface area contributed by atoms with Gasteiger partial charge in [-0.3, -0.25) is 9.78 Å². The first-order chi connectivity index (χ1) is 10.2. The molecule has 2 heterocycles. The van der Waals surface area contributed by atoms with Crippen LogP contribution in [0.4, 0.5) is 4.39 Å². The van der Waals surface area contributed by atoms with Crippen LogP contribution in [0, 0.1) is 5.82 Å². The Balaban J connectivity index is 2.15. The average Bonchev–Trinajstić information content (AvgIpc) is 2.61. The summed E-state index contributed by atoms with van der Waals surface area (Å²) in [7, 11) is -0.677. The zero-order valence-electron chi connectivity index (χ0n) is 13.6. The summed E-state index contributed by atoms with van der Waals surface area (Å²) in [5.74, 6) is -1.07. The summed E-state index contributed by atoms with van der Waals surface area (Å²) in [4.78, 5) is 15.4. The fraction of sp³-hybridized carbons (Fsp3) is 0.600. The minimum Gasteiger partial charge on any atom is -0.466 e. The first-order valence-corrected chi connectivity index (χ1v) is 7.32. The van der Waals surface area contributed by atoms with E-state index in [-0.39, 0.29) is 18.7 Å². The van der Waals surface area contributed by atoms with Crippen LogP contribution in [0.5, 0.6) is 0 Å². The van der Waals surface area contributed by atoms with E-state index in [0.29, 0.717) is 5.46 Å². The molecule has 1 fully saturated rings. The van der Waals surface area contributed by atoms with Crippen molar-refractivity contribution in [3.05, 3.63) is 23.8 Å². The Morgan fingerprint density at radius 2 is 1.91 bits per heavy atom. The minimum atomic E-state index is -0.677. The molecule has 0 unspecified atom stereocenters. The second kappa shape index (κ2) is 5.97. The molecule has 7 heteroatoms. The molecule has 1 aromatic rings. The standard InChI is InChI=1S/C15H21BFNO4/c1-6-20-13(19)8-12-11(17)7-10(9-18-12)16-21-14(2,3)15(4,5)22-16/h7,9H,6,8H2,1-5H3. The smallest absolute Gasteiger partial charge is 0.466 e. The van der Waals surface area contributed by atoms with Crippen LogP contribution in [0.1, 0.15) is 40.3 Å². The molecule has 0 radical (unpaired) electrons. The van der Waals surface area contributed by atoms with Crippen LogP contribution in [-0.2, 0) is 25.3 Å². The molecule has 1 aliphatic heterocycles. The van der Waals surface area contributed by atoms with E-state index in [9.17, 15) is 9.18 Å². The maximum Gasteiger partial charge on any atom is 0.496 e. The Hall–Kier alpha value is -1.47. The third-order valence-electron chi connectivity index (χ3n) is 4.08. The summed E-state index contributed by atoms with van der Waals surface area (Å²) in [5, 5.41) is 0. The van der Waals surface area contributed by atoms with Crippen molar-refractivity contribution in [2.75, 3.05) is 6.61 Å². The van der Waals surface area contributed by atoms with Crippen molar-refractivity contribution in [3.8, 4) is 0 Å². The van der Waals surface area contributed by atoms with Gasteiger partial charge in [-0.25, -0.2) is 4.39 Å². The van der Waals surface area contributed by atoms with E-state index in [2.05, 4.69) is 4.98 Å². The van der Waals surface area contributed by atoms with Crippen LogP contribution in [0.25, 0.3) is 0 Å². The maximum atomic E-state index is 14.1. The lowest BCUT2D eigenvalue weighted by Crippen LogP contribution is -2.41. The van der Waals surface area contributed by atoms with Crippen LogP contribution in [-0.4, -0.2) is 35.9 Å². The number of ether oxygens (including phenoxy) is 1. The Morgan fingerprint density at radius 3 is 2.41 bits per heavy atom. The third-order valence-corrected chi connectivity index (χ3v) is 4.08. The van der Waals surface area contributed by atoms with E-state index in [1.54, 1.807) is 6.92 Å². The third kappa shape index (κ3) is 3.30. The lowest BCUT2D eigenvalue weighted by Gasteiger charge is -2.32. The lowest BCUT2D eigenvalue weighted by atomic mass is 9.80. The van der Waals surface area contributed by atoms with E-state index in [0.717, 1.165) is 0 Å². The van der Waals surface area contributed by atoms with Gasteiger partial charge < -0.3 is 14.0 Å². The van der Waals surface area contributed by atoms with Crippen molar-refractivity contribution < 1.29 is 23.2 Å². The molecule has 5 nitrogen and oxygen atoms in total. The maximum absolute atomic E-state index is 14.1. The number of carbonyl (C=O) groups excluding carboxylic acids is 1. The molecule has 0 aromatic carbocycles. The van der Waals surface area contributed by atoms with Gasteiger partial charge in [-0.1, -0.05) is 0 Å². The van der Waals surface area contributed by atoms with E-state index in [1.165, 1.54) is 12.3 Å². The number of aromatic nitrogens is 1. The normalized spacial score (nSPS) is 19.3. The highest BCUT2D eigenvalue weighted by Gasteiger charge is 2.51. The predicted molar refractivity (Wildman–Crippen MR) is 80.2 cm³/mol. The van der Waals surface area contributed by atoms with Gasteiger partial charge in [0.25, 0.3) is 0 Å². The van der Waals surface area contributed by atoms with Crippen molar-refractivity contribution in [2.24, 2.45) is 0 Å². The lowest BCUT2D eigenvalue weighted by molar-refractivity contribution is -0.142. The predicted octanol–water partition coefficient (Wildman–Crippen LogP) is 1.63. The summed E-state index contributed by atoms with van der Waals surface area (Å²) in [6.45, 7) is 9.64. The van der Waals surface area contributed by atoms with E-state index >= 15 is 0 Å². The highest BCUT2D eigenvalue weighted by molar-refractivity contribution is 6.62. The van der Waals surface area contributed by atoms with Gasteiger partial charge in [-0.05, 0) is 40.7 Å². The van der Waals surface area contributed by atoms with Crippen molar-refractivity contribution in [2.45, 2.75) is 52.2 Å². The monoisotopic (exact) mass is 309 g/mol. The molecule has 0 spiro atoms. The highest BCUT2D eigenvalue weighted by Crippen LogP contribution is 2.36. The van der Waals surface area contributed by atoms with Gasteiger partial charge in [0.05, 0.1) is 29.9 Å². The molecule has 0 aliphatic carbocycles. The van der Waals surface area contributed by atoms with Gasteiger partial charge in [-0.2, -0.15) is 0 Å². The zero-order valence-corrected chi connectivity index (χ0v) is 13.6. The molecule has 0 atom stereocenters. The second-order valence-electron chi connectivity index (χ2n) is 6.27. The number of halogens is 1.